The third kappa shape index (κ3) is 4.38. The fourth-order valence-corrected chi connectivity index (χ4v) is 2.35. The highest BCUT2D eigenvalue weighted by molar-refractivity contribution is 5.77. The number of ether oxygens (including phenoxy) is 3. The van der Waals surface area contributed by atoms with E-state index in [0.29, 0.717) is 12.3 Å². The third-order valence-corrected chi connectivity index (χ3v) is 3.58. The predicted octanol–water partition coefficient (Wildman–Crippen LogP) is 2.68. The van der Waals surface area contributed by atoms with E-state index in [2.05, 4.69) is 5.32 Å². The van der Waals surface area contributed by atoms with Gasteiger partial charge in [-0.15, -0.1) is 0 Å². The van der Waals surface area contributed by atoms with Gasteiger partial charge < -0.3 is 19.5 Å². The van der Waals surface area contributed by atoms with Crippen molar-refractivity contribution in [1.82, 2.24) is 5.32 Å². The second-order valence-electron chi connectivity index (χ2n) is 5.38. The van der Waals surface area contributed by atoms with E-state index in [0.717, 1.165) is 29.9 Å². The van der Waals surface area contributed by atoms with Crippen molar-refractivity contribution >= 4 is 5.91 Å². The first-order valence-corrected chi connectivity index (χ1v) is 7.74. The molecule has 0 fully saturated rings. The molecule has 3 rings (SSSR count). The van der Waals surface area contributed by atoms with Crippen molar-refractivity contribution in [3.05, 3.63) is 53.8 Å². The fourth-order valence-electron chi connectivity index (χ4n) is 2.35. The Bertz CT molecular complexity index is 703. The molecule has 6 heteroatoms. The highest BCUT2D eigenvalue weighted by Gasteiger charge is 2.12. The van der Waals surface area contributed by atoms with Gasteiger partial charge in [-0.3, -0.25) is 4.79 Å². The summed E-state index contributed by atoms with van der Waals surface area (Å²) in [6.07, 6.45) is 1.64. The molecule has 0 unspecified atom stereocenters. The Morgan fingerprint density at radius 2 is 1.92 bits per heavy atom. The Labute approximate surface area is 139 Å². The first-order valence-electron chi connectivity index (χ1n) is 7.74. The van der Waals surface area contributed by atoms with Crippen molar-refractivity contribution in [2.75, 3.05) is 19.9 Å². The van der Waals surface area contributed by atoms with Gasteiger partial charge in [0.1, 0.15) is 11.6 Å². The first kappa shape index (κ1) is 16.1. The van der Waals surface area contributed by atoms with Gasteiger partial charge in [-0.25, -0.2) is 4.39 Å². The molecule has 1 N–H and O–H groups in total. The van der Waals surface area contributed by atoms with Gasteiger partial charge in [0.2, 0.25) is 6.79 Å². The number of rotatable bonds is 7. The standard InChI is InChI=1S/C18H18FNO4/c19-14-4-6-15(7-5-14)22-11-18(21)20-9-1-2-13-3-8-16-17(10-13)24-12-23-16/h3-8,10H,1-2,9,11-12H2,(H,20,21). The van der Waals surface area contributed by atoms with Gasteiger partial charge in [-0.2, -0.15) is 0 Å². The number of carbonyl (C=O) groups is 1. The number of carbonyl (C=O) groups excluding carboxylic acids is 1. The quantitative estimate of drug-likeness (QED) is 0.793. The van der Waals surface area contributed by atoms with Crippen LogP contribution < -0.4 is 19.5 Å². The summed E-state index contributed by atoms with van der Waals surface area (Å²) in [6, 6.07) is 11.4. The molecule has 1 amide bonds. The van der Waals surface area contributed by atoms with Gasteiger partial charge in [0.25, 0.3) is 5.91 Å². The van der Waals surface area contributed by atoms with Crippen molar-refractivity contribution < 1.29 is 23.4 Å². The Kier molecular flexibility index (Phi) is 5.15. The van der Waals surface area contributed by atoms with E-state index in [1.807, 2.05) is 18.2 Å². The largest absolute Gasteiger partial charge is 0.484 e. The lowest BCUT2D eigenvalue weighted by Gasteiger charge is -2.08. The molecular formula is C18H18FNO4. The molecule has 1 heterocycles. The number of nitrogens with one attached hydrogen (secondary N) is 1. The summed E-state index contributed by atoms with van der Waals surface area (Å²) in [5, 5.41) is 2.79. The molecule has 1 aliphatic rings. The molecule has 0 atom stereocenters. The number of hydrogen-bond donors (Lipinski definition) is 1. The Hall–Kier alpha value is -2.76. The maximum absolute atomic E-state index is 12.8. The normalized spacial score (nSPS) is 12.0. The van der Waals surface area contributed by atoms with Gasteiger partial charge in [0, 0.05) is 6.54 Å². The average molecular weight is 331 g/mol. The highest BCUT2D eigenvalue weighted by atomic mass is 19.1. The smallest absolute Gasteiger partial charge is 0.257 e. The number of amides is 1. The van der Waals surface area contributed by atoms with E-state index in [9.17, 15) is 9.18 Å². The number of hydrogen-bond acceptors (Lipinski definition) is 4. The first-order chi connectivity index (χ1) is 11.7. The summed E-state index contributed by atoms with van der Waals surface area (Å²) in [7, 11) is 0. The lowest BCUT2D eigenvalue weighted by molar-refractivity contribution is -0.123. The minimum absolute atomic E-state index is 0.0876. The zero-order chi connectivity index (χ0) is 16.8. The topological polar surface area (TPSA) is 56.8 Å². The average Bonchev–Trinajstić information content (AvgIpc) is 3.06. The molecule has 5 nitrogen and oxygen atoms in total. The summed E-state index contributed by atoms with van der Waals surface area (Å²) in [5.74, 6) is 1.46. The second-order valence-corrected chi connectivity index (χ2v) is 5.38. The number of fused-ring (bicyclic) bond motifs is 1. The maximum Gasteiger partial charge on any atom is 0.257 e. The minimum Gasteiger partial charge on any atom is -0.484 e. The van der Waals surface area contributed by atoms with Gasteiger partial charge in [-0.1, -0.05) is 6.07 Å². The third-order valence-electron chi connectivity index (χ3n) is 3.58. The van der Waals surface area contributed by atoms with Crippen LogP contribution in [0.4, 0.5) is 4.39 Å². The van der Waals surface area contributed by atoms with E-state index < -0.39 is 0 Å². The molecule has 0 saturated carbocycles. The van der Waals surface area contributed by atoms with Crippen LogP contribution in [0.1, 0.15) is 12.0 Å². The number of aryl methyl sites for hydroxylation is 1. The molecule has 0 saturated heterocycles. The van der Waals surface area contributed by atoms with E-state index in [4.69, 9.17) is 14.2 Å². The van der Waals surface area contributed by atoms with Crippen molar-refractivity contribution in [1.29, 1.82) is 0 Å². The van der Waals surface area contributed by atoms with Gasteiger partial charge >= 0.3 is 0 Å². The van der Waals surface area contributed by atoms with Gasteiger partial charge in [0.05, 0.1) is 0 Å². The Balaban J connectivity index is 1.34. The molecule has 0 spiro atoms. The summed E-state index contributed by atoms with van der Waals surface area (Å²) in [5.41, 5.74) is 1.14. The Morgan fingerprint density at radius 1 is 1.12 bits per heavy atom. The zero-order valence-corrected chi connectivity index (χ0v) is 13.1. The Morgan fingerprint density at radius 3 is 2.75 bits per heavy atom. The molecule has 0 bridgehead atoms. The molecule has 126 valence electrons. The SMILES string of the molecule is O=C(COc1ccc(F)cc1)NCCCc1ccc2c(c1)OCO2. The van der Waals surface area contributed by atoms with Crippen LogP contribution in [0.15, 0.2) is 42.5 Å². The highest BCUT2D eigenvalue weighted by Crippen LogP contribution is 2.32. The second kappa shape index (κ2) is 7.68. The van der Waals surface area contributed by atoms with E-state index in [1.165, 1.54) is 24.3 Å². The molecule has 0 radical (unpaired) electrons. The van der Waals surface area contributed by atoms with Crippen LogP contribution >= 0.6 is 0 Å². The molecule has 0 aliphatic carbocycles. The number of benzene rings is 2. The van der Waals surface area contributed by atoms with Crippen LogP contribution in [0.3, 0.4) is 0 Å². The summed E-state index contributed by atoms with van der Waals surface area (Å²) < 4.78 is 28.6. The van der Waals surface area contributed by atoms with Crippen LogP contribution in [0, 0.1) is 5.82 Å². The molecule has 2 aromatic rings. The van der Waals surface area contributed by atoms with Crippen molar-refractivity contribution in [2.24, 2.45) is 0 Å². The fraction of sp³-hybridized carbons (Fsp3) is 0.278. The lowest BCUT2D eigenvalue weighted by Crippen LogP contribution is -2.29. The van der Waals surface area contributed by atoms with Crippen molar-refractivity contribution in [3.8, 4) is 17.2 Å². The van der Waals surface area contributed by atoms with Crippen molar-refractivity contribution in [2.45, 2.75) is 12.8 Å². The molecular weight excluding hydrogens is 313 g/mol. The maximum atomic E-state index is 12.8. The summed E-state index contributed by atoms with van der Waals surface area (Å²) >= 11 is 0. The monoisotopic (exact) mass is 331 g/mol. The van der Waals surface area contributed by atoms with Crippen LogP contribution in [-0.2, 0) is 11.2 Å². The molecule has 1 aliphatic heterocycles. The van der Waals surface area contributed by atoms with E-state index in [-0.39, 0.29) is 25.1 Å². The van der Waals surface area contributed by atoms with E-state index >= 15 is 0 Å². The van der Waals surface area contributed by atoms with Gasteiger partial charge in [0.15, 0.2) is 18.1 Å². The number of halogens is 1. The van der Waals surface area contributed by atoms with Crippen molar-refractivity contribution in [3.63, 3.8) is 0 Å². The molecule has 24 heavy (non-hydrogen) atoms. The van der Waals surface area contributed by atoms with Crippen LogP contribution in [0.25, 0.3) is 0 Å². The van der Waals surface area contributed by atoms with Crippen LogP contribution in [0.2, 0.25) is 0 Å². The van der Waals surface area contributed by atoms with Gasteiger partial charge in [-0.05, 0) is 54.8 Å². The summed E-state index contributed by atoms with van der Waals surface area (Å²) in [4.78, 5) is 11.7. The molecule has 2 aromatic carbocycles. The van der Waals surface area contributed by atoms with Crippen LogP contribution in [0.5, 0.6) is 17.2 Å². The lowest BCUT2D eigenvalue weighted by atomic mass is 10.1. The molecule has 0 aromatic heterocycles. The minimum atomic E-state index is -0.338. The van der Waals surface area contributed by atoms with Crippen LogP contribution in [-0.4, -0.2) is 25.9 Å². The summed E-state index contributed by atoms with van der Waals surface area (Å²) in [6.45, 7) is 0.735. The zero-order valence-electron chi connectivity index (χ0n) is 13.1. The predicted molar refractivity (Wildman–Crippen MR) is 85.8 cm³/mol. The van der Waals surface area contributed by atoms with E-state index in [1.54, 1.807) is 0 Å².